The summed E-state index contributed by atoms with van der Waals surface area (Å²) in [6, 6.07) is 24.3. The zero-order valence-electron chi connectivity index (χ0n) is 18.1. The quantitative estimate of drug-likeness (QED) is 0.405. The van der Waals surface area contributed by atoms with E-state index in [9.17, 15) is 9.59 Å². The van der Waals surface area contributed by atoms with Gasteiger partial charge in [-0.25, -0.2) is 9.97 Å². The monoisotopic (exact) mass is 434 g/mol. The normalized spacial score (nSPS) is 12.5. The van der Waals surface area contributed by atoms with Crippen LogP contribution in [0.3, 0.4) is 0 Å². The average molecular weight is 434 g/mol. The van der Waals surface area contributed by atoms with Crippen LogP contribution in [0.5, 0.6) is 0 Å². The summed E-state index contributed by atoms with van der Waals surface area (Å²) in [7, 11) is 0. The van der Waals surface area contributed by atoms with Crippen LogP contribution >= 0.6 is 0 Å². The standard InChI is InChI=1S/C27H22N4O2/c1-19(10-9-13-20-11-3-2-4-12-20)25-29-24-17-8-6-15-22(24)27(33)31(25)30-18-28-23-16-7-5-14-21(23)26(30)32/h2-9,11-19H,10H2,1H3/b13-9+/t19-/m1/s1. The van der Waals surface area contributed by atoms with Gasteiger partial charge in [0.2, 0.25) is 0 Å². The lowest BCUT2D eigenvalue weighted by Gasteiger charge is -2.18. The molecule has 0 radical (unpaired) electrons. The summed E-state index contributed by atoms with van der Waals surface area (Å²) in [6.07, 6.45) is 6.16. The smallest absolute Gasteiger partial charge is 0.267 e. The van der Waals surface area contributed by atoms with E-state index in [1.54, 1.807) is 30.3 Å². The Labute approximate surface area is 190 Å². The molecular formula is C27H22N4O2. The largest absolute Gasteiger partial charge is 0.280 e. The summed E-state index contributed by atoms with van der Waals surface area (Å²) in [4.78, 5) is 36.1. The molecule has 1 atom stereocenters. The highest BCUT2D eigenvalue weighted by atomic mass is 16.2. The minimum absolute atomic E-state index is 0.124. The number of nitrogens with zero attached hydrogens (tertiary/aromatic N) is 4. The van der Waals surface area contributed by atoms with Crippen LogP contribution in [0.25, 0.3) is 27.9 Å². The Balaban J connectivity index is 1.66. The highest BCUT2D eigenvalue weighted by Gasteiger charge is 2.19. The van der Waals surface area contributed by atoms with Gasteiger partial charge in [-0.2, -0.15) is 9.35 Å². The van der Waals surface area contributed by atoms with Gasteiger partial charge in [0, 0.05) is 5.92 Å². The summed E-state index contributed by atoms with van der Waals surface area (Å²) in [5.74, 6) is 0.385. The highest BCUT2D eigenvalue weighted by Crippen LogP contribution is 2.20. The summed E-state index contributed by atoms with van der Waals surface area (Å²) in [5, 5.41) is 0.899. The van der Waals surface area contributed by atoms with Crippen molar-refractivity contribution in [3.05, 3.63) is 123 Å². The van der Waals surface area contributed by atoms with Crippen LogP contribution in [-0.2, 0) is 0 Å². The van der Waals surface area contributed by atoms with Crippen molar-refractivity contribution in [2.24, 2.45) is 0 Å². The Morgan fingerprint density at radius 2 is 1.45 bits per heavy atom. The topological polar surface area (TPSA) is 69.8 Å². The molecule has 2 heterocycles. The molecule has 5 aromatic rings. The molecule has 0 spiro atoms. The highest BCUT2D eigenvalue weighted by molar-refractivity contribution is 5.78. The molecule has 0 aliphatic carbocycles. The van der Waals surface area contributed by atoms with E-state index in [0.717, 1.165) is 5.56 Å². The maximum Gasteiger partial charge on any atom is 0.280 e. The second kappa shape index (κ2) is 8.67. The van der Waals surface area contributed by atoms with Crippen LogP contribution < -0.4 is 11.1 Å². The van der Waals surface area contributed by atoms with Crippen LogP contribution in [-0.4, -0.2) is 19.3 Å². The van der Waals surface area contributed by atoms with Crippen molar-refractivity contribution in [3.63, 3.8) is 0 Å². The Bertz CT molecular complexity index is 1600. The number of benzene rings is 3. The minimum Gasteiger partial charge on any atom is -0.267 e. The van der Waals surface area contributed by atoms with Crippen LogP contribution in [0.15, 0.2) is 101 Å². The van der Waals surface area contributed by atoms with Crippen molar-refractivity contribution >= 4 is 27.9 Å². The van der Waals surface area contributed by atoms with E-state index in [-0.39, 0.29) is 17.0 Å². The molecule has 0 amide bonds. The van der Waals surface area contributed by atoms with Crippen molar-refractivity contribution in [3.8, 4) is 0 Å². The van der Waals surface area contributed by atoms with Crippen LogP contribution in [0.2, 0.25) is 0 Å². The molecule has 0 aliphatic rings. The number of para-hydroxylation sites is 2. The third-order valence-corrected chi connectivity index (χ3v) is 5.68. The molecule has 33 heavy (non-hydrogen) atoms. The predicted molar refractivity (Wildman–Crippen MR) is 131 cm³/mol. The van der Waals surface area contributed by atoms with E-state index in [1.807, 2.05) is 61.5 Å². The fourth-order valence-corrected chi connectivity index (χ4v) is 3.95. The number of hydrogen-bond acceptors (Lipinski definition) is 4. The van der Waals surface area contributed by atoms with E-state index >= 15 is 0 Å². The Kier molecular flexibility index (Phi) is 5.40. The number of hydrogen-bond donors (Lipinski definition) is 0. The zero-order valence-corrected chi connectivity index (χ0v) is 18.1. The number of fused-ring (bicyclic) bond motifs is 2. The minimum atomic E-state index is -0.312. The number of aromatic nitrogens is 4. The second-order valence-electron chi connectivity index (χ2n) is 7.97. The molecule has 162 valence electrons. The molecule has 0 aliphatic heterocycles. The first-order valence-corrected chi connectivity index (χ1v) is 10.8. The van der Waals surface area contributed by atoms with Gasteiger partial charge in [-0.1, -0.05) is 73.7 Å². The summed E-state index contributed by atoms with van der Waals surface area (Å²) in [6.45, 7) is 2.00. The van der Waals surface area contributed by atoms with Crippen molar-refractivity contribution in [2.75, 3.05) is 0 Å². The van der Waals surface area contributed by atoms with E-state index in [1.165, 1.54) is 15.7 Å². The molecule has 3 aromatic carbocycles. The molecular weight excluding hydrogens is 412 g/mol. The molecule has 0 saturated heterocycles. The third-order valence-electron chi connectivity index (χ3n) is 5.68. The third kappa shape index (κ3) is 3.87. The van der Waals surface area contributed by atoms with Gasteiger partial charge in [0.25, 0.3) is 11.1 Å². The van der Waals surface area contributed by atoms with Crippen molar-refractivity contribution in [2.45, 2.75) is 19.3 Å². The van der Waals surface area contributed by atoms with Gasteiger partial charge in [0.15, 0.2) is 0 Å². The molecule has 6 nitrogen and oxygen atoms in total. The van der Waals surface area contributed by atoms with Gasteiger partial charge in [0.05, 0.1) is 21.8 Å². The summed E-state index contributed by atoms with van der Waals surface area (Å²) in [5.41, 5.74) is 1.68. The summed E-state index contributed by atoms with van der Waals surface area (Å²) < 4.78 is 2.64. The number of allylic oxidation sites excluding steroid dienone is 1. The lowest BCUT2D eigenvalue weighted by atomic mass is 10.1. The zero-order chi connectivity index (χ0) is 22.8. The number of rotatable bonds is 5. The van der Waals surface area contributed by atoms with E-state index < -0.39 is 0 Å². The molecule has 6 heteroatoms. The SMILES string of the molecule is C[C@H](C/C=C/c1ccccc1)c1nc2ccccc2c(=O)n1-n1cnc2ccccc2c1=O. The van der Waals surface area contributed by atoms with Crippen LogP contribution in [0.4, 0.5) is 0 Å². The molecule has 0 bridgehead atoms. The molecule has 2 aromatic heterocycles. The predicted octanol–water partition coefficient (Wildman–Crippen LogP) is 4.62. The molecule has 0 N–H and O–H groups in total. The Morgan fingerprint density at radius 1 is 0.818 bits per heavy atom. The summed E-state index contributed by atoms with van der Waals surface area (Å²) >= 11 is 0. The fraction of sp³-hybridized carbons (Fsp3) is 0.111. The van der Waals surface area contributed by atoms with E-state index in [0.29, 0.717) is 34.1 Å². The van der Waals surface area contributed by atoms with Gasteiger partial charge < -0.3 is 0 Å². The molecule has 0 unspecified atom stereocenters. The van der Waals surface area contributed by atoms with Crippen LogP contribution in [0.1, 0.15) is 30.7 Å². The van der Waals surface area contributed by atoms with Gasteiger partial charge in [0.1, 0.15) is 12.2 Å². The fourth-order valence-electron chi connectivity index (χ4n) is 3.95. The molecule has 0 fully saturated rings. The van der Waals surface area contributed by atoms with E-state index in [4.69, 9.17) is 4.98 Å². The maximum absolute atomic E-state index is 13.6. The maximum atomic E-state index is 13.6. The van der Waals surface area contributed by atoms with Gasteiger partial charge in [-0.15, -0.1) is 0 Å². The lowest BCUT2D eigenvalue weighted by molar-refractivity contribution is 0.524. The van der Waals surface area contributed by atoms with Crippen molar-refractivity contribution in [1.29, 1.82) is 0 Å². The van der Waals surface area contributed by atoms with Crippen molar-refractivity contribution < 1.29 is 0 Å². The van der Waals surface area contributed by atoms with Gasteiger partial charge in [-0.3, -0.25) is 9.59 Å². The van der Waals surface area contributed by atoms with Gasteiger partial charge >= 0.3 is 0 Å². The molecule has 0 saturated carbocycles. The first-order valence-electron chi connectivity index (χ1n) is 10.8. The van der Waals surface area contributed by atoms with Gasteiger partial charge in [-0.05, 0) is 36.2 Å². The first kappa shape index (κ1) is 20.6. The lowest BCUT2D eigenvalue weighted by Crippen LogP contribution is -2.38. The van der Waals surface area contributed by atoms with Crippen LogP contribution in [0, 0.1) is 0 Å². The molecule has 5 rings (SSSR count). The van der Waals surface area contributed by atoms with E-state index in [2.05, 4.69) is 11.1 Å². The Hall–Kier alpha value is -4.32. The first-order chi connectivity index (χ1) is 16.1. The van der Waals surface area contributed by atoms with Crippen molar-refractivity contribution in [1.82, 2.24) is 19.3 Å². The second-order valence-corrected chi connectivity index (χ2v) is 7.97. The Morgan fingerprint density at radius 3 is 2.21 bits per heavy atom. The average Bonchev–Trinajstić information content (AvgIpc) is 2.85.